The van der Waals surface area contributed by atoms with E-state index < -0.39 is 0 Å². The first-order valence-corrected chi connectivity index (χ1v) is 6.50. The van der Waals surface area contributed by atoms with Gasteiger partial charge in [0, 0.05) is 5.88 Å². The Hall–Kier alpha value is 0.250. The maximum Gasteiger partial charge on any atom is 0.0636 e. The Balaban J connectivity index is 4.21. The van der Waals surface area contributed by atoms with E-state index in [1.807, 2.05) is 0 Å². The summed E-state index contributed by atoms with van der Waals surface area (Å²) in [6, 6.07) is 0. The van der Waals surface area contributed by atoms with Crippen LogP contribution in [0.3, 0.4) is 0 Å². The van der Waals surface area contributed by atoms with Crippen LogP contribution < -0.4 is 0 Å². The van der Waals surface area contributed by atoms with Crippen LogP contribution in [0.25, 0.3) is 0 Å². The molecule has 2 heteroatoms. The molecule has 0 fully saturated rings. The number of halogens is 1. The normalized spacial score (nSPS) is 15.4. The van der Waals surface area contributed by atoms with Crippen molar-refractivity contribution < 1.29 is 4.74 Å². The molecule has 0 spiro atoms. The van der Waals surface area contributed by atoms with E-state index in [4.69, 9.17) is 16.3 Å². The molecule has 0 saturated carbocycles. The van der Waals surface area contributed by atoms with Crippen molar-refractivity contribution >= 4 is 11.6 Å². The predicted molar refractivity (Wildman–Crippen MR) is 68.7 cm³/mol. The highest BCUT2D eigenvalue weighted by Gasteiger charge is 2.28. The summed E-state index contributed by atoms with van der Waals surface area (Å²) in [5.74, 6) is 1.43. The van der Waals surface area contributed by atoms with Crippen molar-refractivity contribution in [3.63, 3.8) is 0 Å². The van der Waals surface area contributed by atoms with Gasteiger partial charge in [-0.25, -0.2) is 0 Å². The summed E-state index contributed by atoms with van der Waals surface area (Å²) >= 11 is 5.80. The van der Waals surface area contributed by atoms with Crippen molar-refractivity contribution in [2.24, 2.45) is 5.92 Å². The Bertz CT molecular complexity index is 170. The first-order valence-electron chi connectivity index (χ1n) is 5.96. The molecule has 0 aromatic rings. The topological polar surface area (TPSA) is 9.23 Å². The number of hydrogen-bond donors (Lipinski definition) is 0. The van der Waals surface area contributed by atoms with Crippen molar-refractivity contribution in [2.75, 3.05) is 5.88 Å². The fourth-order valence-electron chi connectivity index (χ4n) is 2.17. The van der Waals surface area contributed by atoms with E-state index in [1.54, 1.807) is 0 Å². The van der Waals surface area contributed by atoms with Crippen LogP contribution in [-0.2, 0) is 4.74 Å². The summed E-state index contributed by atoms with van der Waals surface area (Å²) in [5, 5.41) is 0. The summed E-state index contributed by atoms with van der Waals surface area (Å²) in [4.78, 5) is 0. The molecule has 92 valence electrons. The first kappa shape index (κ1) is 15.2. The second kappa shape index (κ2) is 6.10. The molecule has 0 bridgehead atoms. The summed E-state index contributed by atoms with van der Waals surface area (Å²) in [7, 11) is 0. The number of hydrogen-bond acceptors (Lipinski definition) is 1. The summed E-state index contributed by atoms with van der Waals surface area (Å²) < 4.78 is 6.06. The van der Waals surface area contributed by atoms with E-state index in [2.05, 4.69) is 41.5 Å². The van der Waals surface area contributed by atoms with E-state index in [0.29, 0.717) is 5.92 Å². The molecule has 0 aliphatic rings. The average Bonchev–Trinajstić information content (AvgIpc) is 1.98. The highest BCUT2D eigenvalue weighted by molar-refractivity contribution is 6.17. The monoisotopic (exact) mass is 234 g/mol. The van der Waals surface area contributed by atoms with Gasteiger partial charge in [-0.05, 0) is 53.4 Å². The van der Waals surface area contributed by atoms with Gasteiger partial charge in [0.25, 0.3) is 0 Å². The lowest BCUT2D eigenvalue weighted by Gasteiger charge is -2.36. The molecule has 1 nitrogen and oxygen atoms in total. The van der Waals surface area contributed by atoms with Crippen LogP contribution in [0.2, 0.25) is 0 Å². The molecule has 0 saturated heterocycles. The molecule has 15 heavy (non-hydrogen) atoms. The summed E-state index contributed by atoms with van der Waals surface area (Å²) in [5.41, 5.74) is -0.117. The Morgan fingerprint density at radius 3 is 2.00 bits per heavy atom. The third-order valence-electron chi connectivity index (χ3n) is 2.46. The predicted octanol–water partition coefficient (Wildman–Crippen LogP) is 4.63. The minimum atomic E-state index is -0.0667. The first-order chi connectivity index (χ1) is 6.70. The third kappa shape index (κ3) is 8.10. The Kier molecular flexibility index (Phi) is 6.20. The number of rotatable bonds is 6. The van der Waals surface area contributed by atoms with Gasteiger partial charge in [0.15, 0.2) is 0 Å². The highest BCUT2D eigenvalue weighted by atomic mass is 35.5. The van der Waals surface area contributed by atoms with Gasteiger partial charge in [0.2, 0.25) is 0 Å². The Morgan fingerprint density at radius 2 is 1.67 bits per heavy atom. The zero-order valence-electron chi connectivity index (χ0n) is 11.2. The lowest BCUT2D eigenvalue weighted by atomic mass is 9.89. The fourth-order valence-corrected chi connectivity index (χ4v) is 2.48. The van der Waals surface area contributed by atoms with Crippen LogP contribution in [0.1, 0.15) is 60.8 Å². The minimum Gasteiger partial charge on any atom is -0.370 e. The average molecular weight is 235 g/mol. The molecule has 0 aromatic carbocycles. The molecule has 0 aliphatic carbocycles. The maximum absolute atomic E-state index is 6.06. The van der Waals surface area contributed by atoms with Gasteiger partial charge in [-0.1, -0.05) is 13.3 Å². The van der Waals surface area contributed by atoms with Crippen LogP contribution in [0.5, 0.6) is 0 Å². The second-order valence-corrected chi connectivity index (χ2v) is 6.31. The third-order valence-corrected chi connectivity index (χ3v) is 2.68. The van der Waals surface area contributed by atoms with Gasteiger partial charge >= 0.3 is 0 Å². The van der Waals surface area contributed by atoms with Crippen molar-refractivity contribution in [2.45, 2.75) is 72.0 Å². The van der Waals surface area contributed by atoms with E-state index >= 15 is 0 Å². The van der Waals surface area contributed by atoms with Gasteiger partial charge in [0.05, 0.1) is 11.2 Å². The smallest absolute Gasteiger partial charge is 0.0636 e. The fraction of sp³-hybridized carbons (Fsp3) is 1.00. The lowest BCUT2D eigenvalue weighted by Crippen LogP contribution is -2.36. The Labute approximate surface area is 101 Å². The Morgan fingerprint density at radius 1 is 1.13 bits per heavy atom. The molecule has 0 rings (SSSR count). The molecule has 0 amide bonds. The molecule has 0 heterocycles. The standard InChI is InChI=1S/C13H27ClO/c1-7-11(8-9-14)10-13(5,6)15-12(2,3)4/h11H,7-10H2,1-6H3. The van der Waals surface area contributed by atoms with Crippen LogP contribution in [0.4, 0.5) is 0 Å². The molecule has 0 aliphatic heterocycles. The SMILES string of the molecule is CCC(CCCl)CC(C)(C)OC(C)(C)C. The van der Waals surface area contributed by atoms with Gasteiger partial charge in [0.1, 0.15) is 0 Å². The van der Waals surface area contributed by atoms with Gasteiger partial charge < -0.3 is 4.74 Å². The van der Waals surface area contributed by atoms with Crippen molar-refractivity contribution in [1.82, 2.24) is 0 Å². The van der Waals surface area contributed by atoms with E-state index in [-0.39, 0.29) is 11.2 Å². The molecular formula is C13H27ClO. The van der Waals surface area contributed by atoms with Gasteiger partial charge in [-0.2, -0.15) is 0 Å². The zero-order chi connectivity index (χ0) is 12.1. The minimum absolute atomic E-state index is 0.0506. The molecule has 1 unspecified atom stereocenters. The van der Waals surface area contributed by atoms with Crippen molar-refractivity contribution in [3.05, 3.63) is 0 Å². The van der Waals surface area contributed by atoms with E-state index in [1.165, 1.54) is 6.42 Å². The molecular weight excluding hydrogens is 208 g/mol. The van der Waals surface area contributed by atoms with E-state index in [9.17, 15) is 0 Å². The zero-order valence-corrected chi connectivity index (χ0v) is 11.9. The van der Waals surface area contributed by atoms with Crippen LogP contribution >= 0.6 is 11.6 Å². The molecule has 0 aromatic heterocycles. The molecule has 0 N–H and O–H groups in total. The van der Waals surface area contributed by atoms with E-state index in [0.717, 1.165) is 18.7 Å². The number of ether oxygens (including phenoxy) is 1. The molecule has 1 atom stereocenters. The van der Waals surface area contributed by atoms with Crippen LogP contribution in [-0.4, -0.2) is 17.1 Å². The summed E-state index contributed by atoms with van der Waals surface area (Å²) in [6.45, 7) is 12.9. The van der Waals surface area contributed by atoms with Crippen molar-refractivity contribution in [3.8, 4) is 0 Å². The molecule has 0 radical (unpaired) electrons. The number of alkyl halides is 1. The maximum atomic E-state index is 6.06. The summed E-state index contributed by atoms with van der Waals surface area (Å²) in [6.07, 6.45) is 3.37. The van der Waals surface area contributed by atoms with Crippen LogP contribution in [0.15, 0.2) is 0 Å². The lowest BCUT2D eigenvalue weighted by molar-refractivity contribution is -0.122. The van der Waals surface area contributed by atoms with Crippen LogP contribution in [0, 0.1) is 5.92 Å². The van der Waals surface area contributed by atoms with Crippen molar-refractivity contribution in [1.29, 1.82) is 0 Å². The highest BCUT2D eigenvalue weighted by Crippen LogP contribution is 2.29. The van der Waals surface area contributed by atoms with Gasteiger partial charge in [-0.3, -0.25) is 0 Å². The quantitative estimate of drug-likeness (QED) is 0.609. The largest absolute Gasteiger partial charge is 0.370 e. The second-order valence-electron chi connectivity index (χ2n) is 5.93. The van der Waals surface area contributed by atoms with Gasteiger partial charge in [-0.15, -0.1) is 11.6 Å².